The van der Waals surface area contributed by atoms with E-state index in [1.54, 1.807) is 35.7 Å². The second-order valence-corrected chi connectivity index (χ2v) is 7.14. The van der Waals surface area contributed by atoms with Gasteiger partial charge in [-0.1, -0.05) is 12.1 Å². The molecular weight excluding hydrogens is 423 g/mol. The maximum absolute atomic E-state index is 14.2. The van der Waals surface area contributed by atoms with Crippen LogP contribution in [0.4, 0.5) is 15.2 Å². The first kappa shape index (κ1) is 22.2. The normalized spacial score (nSPS) is 10.5. The molecule has 0 spiro atoms. The monoisotopic (exact) mass is 444 g/mol. The van der Waals surface area contributed by atoms with Gasteiger partial charge in [0, 0.05) is 12.3 Å². The van der Waals surface area contributed by atoms with Crippen molar-refractivity contribution in [3.63, 3.8) is 0 Å². The van der Waals surface area contributed by atoms with Crippen molar-refractivity contribution in [1.29, 1.82) is 0 Å². The number of para-hydroxylation sites is 1. The molecule has 7 nitrogen and oxygen atoms in total. The highest BCUT2D eigenvalue weighted by molar-refractivity contribution is 7.14. The first-order chi connectivity index (χ1) is 14.9. The summed E-state index contributed by atoms with van der Waals surface area (Å²) in [6.07, 6.45) is 0. The molecule has 0 fully saturated rings. The molecule has 0 radical (unpaired) electrons. The number of thiazole rings is 1. The molecule has 0 unspecified atom stereocenters. The summed E-state index contributed by atoms with van der Waals surface area (Å²) in [5.41, 5.74) is 0.848. The van der Waals surface area contributed by atoms with Crippen molar-refractivity contribution in [2.75, 3.05) is 18.6 Å². The molecule has 1 amide bonds. The highest BCUT2D eigenvalue weighted by Crippen LogP contribution is 2.31. The number of rotatable bonds is 8. The first-order valence-electron chi connectivity index (χ1n) is 9.42. The van der Waals surface area contributed by atoms with Gasteiger partial charge in [-0.15, -0.1) is 11.3 Å². The van der Waals surface area contributed by atoms with E-state index in [0.29, 0.717) is 29.4 Å². The Kier molecular flexibility index (Phi) is 7.19. The molecule has 3 rings (SSSR count). The van der Waals surface area contributed by atoms with Gasteiger partial charge in [0.2, 0.25) is 5.91 Å². The molecule has 0 aliphatic carbocycles. The second-order valence-electron chi connectivity index (χ2n) is 6.30. The van der Waals surface area contributed by atoms with E-state index in [1.807, 2.05) is 6.92 Å². The van der Waals surface area contributed by atoms with Gasteiger partial charge >= 0.3 is 5.97 Å². The second kappa shape index (κ2) is 10.0. The maximum atomic E-state index is 14.2. The van der Waals surface area contributed by atoms with Crippen LogP contribution in [0, 0.1) is 5.82 Å². The molecule has 31 heavy (non-hydrogen) atoms. The largest absolute Gasteiger partial charge is 0.493 e. The van der Waals surface area contributed by atoms with Crippen LogP contribution in [-0.2, 0) is 16.1 Å². The number of esters is 1. The van der Waals surface area contributed by atoms with Gasteiger partial charge in [0.15, 0.2) is 16.6 Å². The van der Waals surface area contributed by atoms with E-state index < -0.39 is 11.8 Å². The maximum Gasteiger partial charge on any atom is 0.338 e. The number of anilines is 2. The fourth-order valence-corrected chi connectivity index (χ4v) is 3.66. The lowest BCUT2D eigenvalue weighted by atomic mass is 10.2. The Balaban J connectivity index is 1.72. The topological polar surface area (TPSA) is 78.0 Å². The zero-order valence-electron chi connectivity index (χ0n) is 17.3. The summed E-state index contributed by atoms with van der Waals surface area (Å²) in [5, 5.41) is 1.94. The number of aromatic nitrogens is 1. The lowest BCUT2D eigenvalue weighted by Gasteiger charge is -2.18. The van der Waals surface area contributed by atoms with Crippen LogP contribution in [0.1, 0.15) is 29.9 Å². The summed E-state index contributed by atoms with van der Waals surface area (Å²) in [6.45, 7) is 3.47. The summed E-state index contributed by atoms with van der Waals surface area (Å²) >= 11 is 1.15. The Morgan fingerprint density at radius 2 is 1.94 bits per heavy atom. The highest BCUT2D eigenvalue weighted by Gasteiger charge is 2.21. The number of carbonyl (C=O) groups is 2. The first-order valence-corrected chi connectivity index (χ1v) is 10.3. The highest BCUT2D eigenvalue weighted by atomic mass is 32.1. The number of nitrogens with zero attached hydrogens (tertiary/aromatic N) is 2. The predicted octanol–water partition coefficient (Wildman–Crippen LogP) is 4.73. The van der Waals surface area contributed by atoms with Crippen LogP contribution in [-0.4, -0.2) is 30.6 Å². The van der Waals surface area contributed by atoms with Crippen LogP contribution in [0.25, 0.3) is 0 Å². The molecule has 3 aromatic rings. The van der Waals surface area contributed by atoms with Gasteiger partial charge < -0.3 is 14.2 Å². The zero-order valence-corrected chi connectivity index (χ0v) is 18.1. The zero-order chi connectivity index (χ0) is 22.4. The van der Waals surface area contributed by atoms with Crippen molar-refractivity contribution in [3.05, 3.63) is 64.9 Å². The molecule has 0 aliphatic heterocycles. The molecule has 0 atom stereocenters. The number of amides is 1. The van der Waals surface area contributed by atoms with Crippen molar-refractivity contribution in [2.24, 2.45) is 0 Å². The van der Waals surface area contributed by atoms with Crippen LogP contribution in [0.5, 0.6) is 11.5 Å². The standard InChI is InChI=1S/C22H21FN2O5S/c1-4-29-20-11-15(9-10-19(20)28-3)21(27)30-12-16-13-31-22(24-16)25(14(2)26)18-8-6-5-7-17(18)23/h5-11,13H,4,12H2,1-3H3. The Hall–Kier alpha value is -3.46. The number of hydrogen-bond acceptors (Lipinski definition) is 7. The fraction of sp³-hybridized carbons (Fsp3) is 0.227. The van der Waals surface area contributed by atoms with E-state index in [1.165, 1.54) is 31.1 Å². The Morgan fingerprint density at radius 3 is 2.61 bits per heavy atom. The minimum atomic E-state index is -0.560. The minimum absolute atomic E-state index is 0.103. The molecule has 162 valence electrons. The molecule has 0 bridgehead atoms. The van der Waals surface area contributed by atoms with Crippen LogP contribution in [0.3, 0.4) is 0 Å². The summed E-state index contributed by atoms with van der Waals surface area (Å²) in [4.78, 5) is 30.1. The molecule has 0 saturated carbocycles. The molecular formula is C22H21FN2O5S. The van der Waals surface area contributed by atoms with Gasteiger partial charge in [-0.05, 0) is 37.3 Å². The van der Waals surface area contributed by atoms with Gasteiger partial charge in [-0.3, -0.25) is 9.69 Å². The third-order valence-corrected chi connectivity index (χ3v) is 5.06. The molecule has 2 aromatic carbocycles. The van der Waals surface area contributed by atoms with E-state index in [4.69, 9.17) is 14.2 Å². The third kappa shape index (κ3) is 5.18. The van der Waals surface area contributed by atoms with Crippen molar-refractivity contribution in [3.8, 4) is 11.5 Å². The fourth-order valence-electron chi connectivity index (χ4n) is 2.80. The van der Waals surface area contributed by atoms with E-state index >= 15 is 0 Å². The molecule has 1 heterocycles. The van der Waals surface area contributed by atoms with Gasteiger partial charge in [0.1, 0.15) is 12.4 Å². The Morgan fingerprint density at radius 1 is 1.16 bits per heavy atom. The Bertz CT molecular complexity index is 1090. The number of methoxy groups -OCH3 is 1. The Labute approximate surface area is 183 Å². The summed E-state index contributed by atoms with van der Waals surface area (Å²) in [7, 11) is 1.52. The third-order valence-electron chi connectivity index (χ3n) is 4.19. The van der Waals surface area contributed by atoms with Gasteiger partial charge in [0.05, 0.1) is 30.7 Å². The quantitative estimate of drug-likeness (QED) is 0.468. The predicted molar refractivity (Wildman–Crippen MR) is 115 cm³/mol. The van der Waals surface area contributed by atoms with E-state index in [9.17, 15) is 14.0 Å². The molecule has 9 heteroatoms. The van der Waals surface area contributed by atoms with E-state index in [2.05, 4.69) is 4.98 Å². The van der Waals surface area contributed by atoms with Crippen LogP contribution >= 0.6 is 11.3 Å². The van der Waals surface area contributed by atoms with Crippen LogP contribution in [0.2, 0.25) is 0 Å². The summed E-state index contributed by atoms with van der Waals surface area (Å²) < 4.78 is 30.2. The number of halogens is 1. The van der Waals surface area contributed by atoms with Crippen molar-refractivity contribution in [2.45, 2.75) is 20.5 Å². The molecule has 0 N–H and O–H groups in total. The lowest BCUT2D eigenvalue weighted by Crippen LogP contribution is -2.23. The van der Waals surface area contributed by atoms with Crippen molar-refractivity contribution >= 4 is 34.0 Å². The number of hydrogen-bond donors (Lipinski definition) is 0. The summed E-state index contributed by atoms with van der Waals surface area (Å²) in [6, 6.07) is 10.7. The number of benzene rings is 2. The van der Waals surface area contributed by atoms with Crippen molar-refractivity contribution < 1.29 is 28.2 Å². The molecule has 1 aromatic heterocycles. The molecule has 0 saturated heterocycles. The number of ether oxygens (including phenoxy) is 3. The average molecular weight is 444 g/mol. The average Bonchev–Trinajstić information content (AvgIpc) is 3.22. The smallest absolute Gasteiger partial charge is 0.338 e. The van der Waals surface area contributed by atoms with E-state index in [-0.39, 0.29) is 23.3 Å². The number of carbonyl (C=O) groups excluding carboxylic acids is 2. The van der Waals surface area contributed by atoms with Crippen LogP contribution < -0.4 is 14.4 Å². The minimum Gasteiger partial charge on any atom is -0.493 e. The molecule has 0 aliphatic rings. The van der Waals surface area contributed by atoms with Crippen LogP contribution in [0.15, 0.2) is 47.8 Å². The van der Waals surface area contributed by atoms with Gasteiger partial charge in [0.25, 0.3) is 0 Å². The van der Waals surface area contributed by atoms with Crippen molar-refractivity contribution in [1.82, 2.24) is 4.98 Å². The van der Waals surface area contributed by atoms with Gasteiger partial charge in [-0.25, -0.2) is 14.2 Å². The summed E-state index contributed by atoms with van der Waals surface area (Å²) in [5.74, 6) is -0.525. The SMILES string of the molecule is CCOc1cc(C(=O)OCc2csc(N(C(C)=O)c3ccccc3F)n2)ccc1OC. The van der Waals surface area contributed by atoms with E-state index in [0.717, 1.165) is 11.3 Å². The van der Waals surface area contributed by atoms with Gasteiger partial charge in [-0.2, -0.15) is 0 Å². The lowest BCUT2D eigenvalue weighted by molar-refractivity contribution is -0.115.